The third-order valence-electron chi connectivity index (χ3n) is 3.12. The van der Waals surface area contributed by atoms with Crippen molar-refractivity contribution in [2.24, 2.45) is 4.15 Å². The molecule has 118 valence electrons. The van der Waals surface area contributed by atoms with E-state index in [0.29, 0.717) is 5.75 Å². The maximum atomic E-state index is 12.4. The number of ether oxygens (including phenoxy) is 1. The van der Waals surface area contributed by atoms with Gasteiger partial charge in [-0.15, -0.1) is 0 Å². The summed E-state index contributed by atoms with van der Waals surface area (Å²) in [5.41, 5.74) is 0. The van der Waals surface area contributed by atoms with E-state index in [9.17, 15) is 8.42 Å². The maximum absolute atomic E-state index is 12.4. The molecule has 0 radical (unpaired) electrons. The van der Waals surface area contributed by atoms with Crippen molar-refractivity contribution in [3.05, 3.63) is 24.3 Å². The van der Waals surface area contributed by atoms with E-state index in [-0.39, 0.29) is 4.90 Å². The highest BCUT2D eigenvalue weighted by atomic mass is 32.2. The van der Waals surface area contributed by atoms with E-state index in [1.54, 1.807) is 31.4 Å². The third kappa shape index (κ3) is 6.15. The standard InChI is InChI=1S/C15H25NO3PS/c1-4-6-12-20(13-7-5-2)16-21(17,18)15-10-8-14(19-3)9-11-15/h8-11H,4-7,12-13H2,1-3H3/q+1. The quantitative estimate of drug-likeness (QED) is 0.619. The topological polar surface area (TPSA) is 55.7 Å². The molecule has 0 unspecified atom stereocenters. The highest BCUT2D eigenvalue weighted by molar-refractivity contribution is 7.92. The molecular weight excluding hydrogens is 305 g/mol. The van der Waals surface area contributed by atoms with Crippen LogP contribution in [-0.2, 0) is 10.0 Å². The molecular formula is C15H25NO3PS+. The van der Waals surface area contributed by atoms with Crippen molar-refractivity contribution < 1.29 is 13.2 Å². The van der Waals surface area contributed by atoms with Crippen LogP contribution in [0.5, 0.6) is 5.75 Å². The van der Waals surface area contributed by atoms with Crippen molar-refractivity contribution in [3.63, 3.8) is 0 Å². The lowest BCUT2D eigenvalue weighted by Crippen LogP contribution is -1.97. The van der Waals surface area contributed by atoms with E-state index in [2.05, 4.69) is 18.0 Å². The lowest BCUT2D eigenvalue weighted by molar-refractivity contribution is 0.414. The molecule has 0 atom stereocenters. The van der Waals surface area contributed by atoms with Crippen LogP contribution >= 0.6 is 7.71 Å². The Labute approximate surface area is 129 Å². The average Bonchev–Trinajstić information content (AvgIpc) is 2.49. The van der Waals surface area contributed by atoms with Crippen LogP contribution < -0.4 is 4.74 Å². The van der Waals surface area contributed by atoms with Gasteiger partial charge in [-0.2, -0.15) is 8.42 Å². The van der Waals surface area contributed by atoms with Gasteiger partial charge in [-0.1, -0.05) is 26.7 Å². The number of benzene rings is 1. The second kappa shape index (κ2) is 9.16. The lowest BCUT2D eigenvalue weighted by atomic mass is 10.3. The molecule has 0 saturated carbocycles. The van der Waals surface area contributed by atoms with Crippen LogP contribution in [0.2, 0.25) is 0 Å². The molecule has 0 spiro atoms. The van der Waals surface area contributed by atoms with E-state index >= 15 is 0 Å². The molecule has 21 heavy (non-hydrogen) atoms. The first-order valence-corrected chi connectivity index (χ1v) is 10.5. The minimum absolute atomic E-state index is 0.254. The van der Waals surface area contributed by atoms with Crippen LogP contribution in [0.15, 0.2) is 33.3 Å². The van der Waals surface area contributed by atoms with Gasteiger partial charge in [-0.3, -0.25) is 0 Å². The number of unbranched alkanes of at least 4 members (excludes halogenated alkanes) is 2. The monoisotopic (exact) mass is 330 g/mol. The number of nitrogens with zero attached hydrogens (tertiary/aromatic N) is 1. The predicted molar refractivity (Wildman–Crippen MR) is 89.1 cm³/mol. The summed E-state index contributed by atoms with van der Waals surface area (Å²) < 4.78 is 34.0. The average molecular weight is 330 g/mol. The van der Waals surface area contributed by atoms with Gasteiger partial charge in [0.15, 0.2) is 0 Å². The molecule has 1 aromatic carbocycles. The molecule has 0 aliphatic rings. The Balaban J connectivity index is 2.97. The van der Waals surface area contributed by atoms with Crippen LogP contribution in [0.25, 0.3) is 0 Å². The molecule has 0 aromatic heterocycles. The Kier molecular flexibility index (Phi) is 7.91. The number of hydrogen-bond acceptors (Lipinski definition) is 3. The molecule has 0 bridgehead atoms. The molecule has 0 amide bonds. The highest BCUT2D eigenvalue weighted by Crippen LogP contribution is 2.32. The molecule has 0 aliphatic carbocycles. The van der Waals surface area contributed by atoms with Gasteiger partial charge in [-0.05, 0) is 37.1 Å². The van der Waals surface area contributed by atoms with Gasteiger partial charge in [0.2, 0.25) is 7.71 Å². The van der Waals surface area contributed by atoms with E-state index in [4.69, 9.17) is 4.74 Å². The summed E-state index contributed by atoms with van der Waals surface area (Å²) in [5, 5.41) is 0. The molecule has 6 heteroatoms. The first-order valence-electron chi connectivity index (χ1n) is 7.40. The zero-order valence-electron chi connectivity index (χ0n) is 13.1. The van der Waals surface area contributed by atoms with Crippen LogP contribution in [0.1, 0.15) is 39.5 Å². The summed E-state index contributed by atoms with van der Waals surface area (Å²) in [4.78, 5) is 0.254. The number of hydrogen-bond donors (Lipinski definition) is 0. The highest BCUT2D eigenvalue weighted by Gasteiger charge is 2.21. The Hall–Kier alpha value is -0.930. The summed E-state index contributed by atoms with van der Waals surface area (Å²) in [7, 11) is -2.78. The van der Waals surface area contributed by atoms with Crippen molar-refractivity contribution in [2.45, 2.75) is 44.4 Å². The second-order valence-electron chi connectivity index (χ2n) is 4.89. The number of sulfonamides is 1. The molecule has 0 heterocycles. The van der Waals surface area contributed by atoms with Crippen LogP contribution in [0, 0.1) is 0 Å². The van der Waals surface area contributed by atoms with Crippen molar-refractivity contribution >= 4 is 17.7 Å². The molecule has 0 saturated heterocycles. The van der Waals surface area contributed by atoms with Gasteiger partial charge in [-0.25, -0.2) is 0 Å². The largest absolute Gasteiger partial charge is 0.497 e. The zero-order valence-corrected chi connectivity index (χ0v) is 14.8. The summed E-state index contributed by atoms with van der Waals surface area (Å²) in [6, 6.07) is 6.43. The first-order chi connectivity index (χ1) is 10.0. The lowest BCUT2D eigenvalue weighted by Gasteiger charge is -2.01. The molecule has 4 nitrogen and oxygen atoms in total. The van der Waals surface area contributed by atoms with Crippen molar-refractivity contribution in [1.29, 1.82) is 0 Å². The SMILES string of the molecule is CCCC[P+](CCCC)=NS(=O)(=O)c1ccc(OC)cc1. The van der Waals surface area contributed by atoms with Crippen LogP contribution in [0.4, 0.5) is 0 Å². The number of methoxy groups -OCH3 is 1. The molecule has 0 aliphatic heterocycles. The number of rotatable bonds is 9. The van der Waals surface area contributed by atoms with E-state index < -0.39 is 17.7 Å². The third-order valence-corrected chi connectivity index (χ3v) is 7.44. The van der Waals surface area contributed by atoms with Gasteiger partial charge in [0.1, 0.15) is 18.1 Å². The van der Waals surface area contributed by atoms with E-state index in [1.165, 1.54) is 0 Å². The fourth-order valence-electron chi connectivity index (χ4n) is 1.82. The summed E-state index contributed by atoms with van der Waals surface area (Å²) in [6.45, 7) is 4.23. The molecule has 1 aromatic rings. The van der Waals surface area contributed by atoms with Crippen molar-refractivity contribution in [1.82, 2.24) is 0 Å². The van der Waals surface area contributed by atoms with Gasteiger partial charge in [0.25, 0.3) is 0 Å². The smallest absolute Gasteiger partial charge is 0.316 e. The Bertz CT molecular complexity index is 543. The summed E-state index contributed by atoms with van der Waals surface area (Å²) in [5.74, 6) is 0.646. The van der Waals surface area contributed by atoms with Crippen LogP contribution in [0.3, 0.4) is 0 Å². The van der Waals surface area contributed by atoms with E-state index in [1.807, 2.05) is 0 Å². The minimum atomic E-state index is -3.55. The maximum Gasteiger partial charge on any atom is 0.316 e. The van der Waals surface area contributed by atoms with Gasteiger partial charge in [0, 0.05) is 4.15 Å². The Morgan fingerprint density at radius 3 is 2.00 bits per heavy atom. The minimum Gasteiger partial charge on any atom is -0.497 e. The molecule has 0 N–H and O–H groups in total. The normalized spacial score (nSPS) is 11.2. The Morgan fingerprint density at radius 1 is 1.05 bits per heavy atom. The zero-order chi connectivity index (χ0) is 15.7. The van der Waals surface area contributed by atoms with Crippen LogP contribution in [-0.4, -0.2) is 27.9 Å². The van der Waals surface area contributed by atoms with Crippen molar-refractivity contribution in [3.8, 4) is 5.75 Å². The van der Waals surface area contributed by atoms with Gasteiger partial charge < -0.3 is 4.74 Å². The second-order valence-corrected chi connectivity index (χ2v) is 8.88. The fourth-order valence-corrected chi connectivity index (χ4v) is 6.13. The van der Waals surface area contributed by atoms with Gasteiger partial charge >= 0.3 is 10.0 Å². The molecule has 0 fully saturated rings. The fraction of sp³-hybridized carbons (Fsp3) is 0.600. The molecule has 1 rings (SSSR count). The predicted octanol–water partition coefficient (Wildman–Crippen LogP) is 4.65. The van der Waals surface area contributed by atoms with Gasteiger partial charge in [0.05, 0.1) is 12.0 Å². The first kappa shape index (κ1) is 18.1. The van der Waals surface area contributed by atoms with Crippen molar-refractivity contribution in [2.75, 3.05) is 19.4 Å². The van der Waals surface area contributed by atoms with E-state index in [0.717, 1.165) is 38.0 Å². The Morgan fingerprint density at radius 2 is 1.57 bits per heavy atom. The summed E-state index contributed by atoms with van der Waals surface area (Å²) >= 11 is 0. The summed E-state index contributed by atoms with van der Waals surface area (Å²) in [6.07, 6.45) is 6.03.